The average Bonchev–Trinajstić information content (AvgIpc) is 2.66. The summed E-state index contributed by atoms with van der Waals surface area (Å²) >= 11 is 0. The Bertz CT molecular complexity index is 534. The van der Waals surface area contributed by atoms with Crippen LogP contribution in [0.25, 0.3) is 0 Å². The zero-order chi connectivity index (χ0) is 14.6. The van der Waals surface area contributed by atoms with E-state index in [0.717, 1.165) is 19.3 Å². The second-order valence-corrected chi connectivity index (χ2v) is 4.96. The monoisotopic (exact) mass is 270 g/mol. The molecule has 104 valence electrons. The maximum Gasteiger partial charge on any atom is 0.203 e. The van der Waals surface area contributed by atoms with Gasteiger partial charge in [-0.3, -0.25) is 9.59 Å². The first-order valence-electron chi connectivity index (χ1n) is 6.78. The molecular weight excluding hydrogens is 252 g/mol. The molecule has 1 aliphatic carbocycles. The molecule has 0 heterocycles. The highest BCUT2D eigenvalue weighted by atomic mass is 16.3. The highest BCUT2D eigenvalue weighted by molar-refractivity contribution is 6.31. The van der Waals surface area contributed by atoms with E-state index in [2.05, 4.69) is 6.58 Å². The number of carbonyl (C=O) groups excluding carboxylic acids is 2. The third-order valence-electron chi connectivity index (χ3n) is 3.53. The molecule has 1 N–H and O–H groups in total. The van der Waals surface area contributed by atoms with Crippen LogP contribution in [0.4, 0.5) is 0 Å². The molecule has 0 radical (unpaired) electrons. The lowest BCUT2D eigenvalue weighted by Gasteiger charge is -2.16. The Morgan fingerprint density at radius 3 is 2.20 bits per heavy atom. The second kappa shape index (κ2) is 5.97. The SMILES string of the molecule is C=CCCC/C=C/CC1(O)C(=O)c2ccccc2C1=O. The number of ketones is 2. The lowest BCUT2D eigenvalue weighted by molar-refractivity contribution is 0.0343. The summed E-state index contributed by atoms with van der Waals surface area (Å²) < 4.78 is 0. The molecule has 0 spiro atoms. The van der Waals surface area contributed by atoms with Crippen LogP contribution in [0.1, 0.15) is 46.4 Å². The molecule has 0 aromatic heterocycles. The predicted molar refractivity (Wildman–Crippen MR) is 77.9 cm³/mol. The fourth-order valence-corrected chi connectivity index (χ4v) is 2.36. The molecule has 20 heavy (non-hydrogen) atoms. The van der Waals surface area contributed by atoms with E-state index in [4.69, 9.17) is 0 Å². The topological polar surface area (TPSA) is 54.4 Å². The minimum absolute atomic E-state index is 0.0352. The minimum Gasteiger partial charge on any atom is -0.374 e. The molecule has 1 aromatic carbocycles. The predicted octanol–water partition coefficient (Wildman–Crippen LogP) is 3.10. The molecule has 1 aliphatic rings. The lowest BCUT2D eigenvalue weighted by atomic mass is 9.93. The van der Waals surface area contributed by atoms with Gasteiger partial charge in [-0.15, -0.1) is 6.58 Å². The van der Waals surface area contributed by atoms with Gasteiger partial charge in [0.05, 0.1) is 0 Å². The molecule has 2 rings (SSSR count). The van der Waals surface area contributed by atoms with Crippen molar-refractivity contribution < 1.29 is 14.7 Å². The molecule has 0 unspecified atom stereocenters. The van der Waals surface area contributed by atoms with Crippen molar-refractivity contribution >= 4 is 11.6 Å². The van der Waals surface area contributed by atoms with Crippen molar-refractivity contribution in [2.45, 2.75) is 31.3 Å². The quantitative estimate of drug-likeness (QED) is 0.491. The Labute approximate surface area is 118 Å². The van der Waals surface area contributed by atoms with Crippen LogP contribution in [0.5, 0.6) is 0 Å². The van der Waals surface area contributed by atoms with Gasteiger partial charge in [0.2, 0.25) is 11.6 Å². The van der Waals surface area contributed by atoms with Crippen LogP contribution < -0.4 is 0 Å². The first-order chi connectivity index (χ1) is 9.61. The number of hydrogen-bond acceptors (Lipinski definition) is 3. The summed E-state index contributed by atoms with van der Waals surface area (Å²) in [6.07, 6.45) is 8.24. The number of Topliss-reactive ketones (excluding diaryl/α,β-unsaturated/α-hetero) is 2. The van der Waals surface area contributed by atoms with E-state index in [1.807, 2.05) is 12.2 Å². The van der Waals surface area contributed by atoms with E-state index >= 15 is 0 Å². The Hall–Kier alpha value is -2.00. The van der Waals surface area contributed by atoms with Gasteiger partial charge in [0, 0.05) is 17.5 Å². The van der Waals surface area contributed by atoms with Crippen molar-refractivity contribution in [3.8, 4) is 0 Å². The van der Waals surface area contributed by atoms with Gasteiger partial charge in [-0.05, 0) is 19.3 Å². The van der Waals surface area contributed by atoms with Crippen LogP contribution >= 0.6 is 0 Å². The van der Waals surface area contributed by atoms with Crippen molar-refractivity contribution in [1.82, 2.24) is 0 Å². The zero-order valence-electron chi connectivity index (χ0n) is 11.3. The molecule has 0 saturated heterocycles. The van der Waals surface area contributed by atoms with Crippen molar-refractivity contribution in [2.75, 3.05) is 0 Å². The summed E-state index contributed by atoms with van der Waals surface area (Å²) in [7, 11) is 0. The second-order valence-electron chi connectivity index (χ2n) is 4.96. The fourth-order valence-electron chi connectivity index (χ4n) is 2.36. The van der Waals surface area contributed by atoms with Crippen molar-refractivity contribution in [2.24, 2.45) is 0 Å². The number of benzene rings is 1. The van der Waals surface area contributed by atoms with Gasteiger partial charge in [0.1, 0.15) is 0 Å². The fraction of sp³-hybridized carbons (Fsp3) is 0.294. The Balaban J connectivity index is 2.07. The van der Waals surface area contributed by atoms with Gasteiger partial charge in [-0.2, -0.15) is 0 Å². The summed E-state index contributed by atoms with van der Waals surface area (Å²) in [6.45, 7) is 3.64. The van der Waals surface area contributed by atoms with E-state index < -0.39 is 17.2 Å². The number of aliphatic hydroxyl groups is 1. The summed E-state index contributed by atoms with van der Waals surface area (Å²) in [5, 5.41) is 10.4. The standard InChI is InChI=1S/C17H18O3/c1-2-3-4-5-6-9-12-17(20)15(18)13-10-7-8-11-14(13)16(17)19/h2,6-11,20H,1,3-5,12H2/b9-6+. The average molecular weight is 270 g/mol. The summed E-state index contributed by atoms with van der Waals surface area (Å²) in [5.41, 5.74) is -1.28. The first kappa shape index (κ1) is 14.4. The van der Waals surface area contributed by atoms with Crippen LogP contribution in [0.2, 0.25) is 0 Å². The van der Waals surface area contributed by atoms with Gasteiger partial charge in [-0.1, -0.05) is 42.5 Å². The normalized spacial score (nSPS) is 16.6. The highest BCUT2D eigenvalue weighted by Gasteiger charge is 2.50. The zero-order valence-corrected chi connectivity index (χ0v) is 11.3. The number of carbonyl (C=O) groups is 2. The van der Waals surface area contributed by atoms with Crippen molar-refractivity contribution in [3.63, 3.8) is 0 Å². The highest BCUT2D eigenvalue weighted by Crippen LogP contribution is 2.32. The number of unbranched alkanes of at least 4 members (excludes halogenated alkanes) is 2. The van der Waals surface area contributed by atoms with E-state index in [1.165, 1.54) is 0 Å². The van der Waals surface area contributed by atoms with E-state index in [9.17, 15) is 14.7 Å². The van der Waals surface area contributed by atoms with Gasteiger partial charge < -0.3 is 5.11 Å². The molecule has 0 saturated carbocycles. The molecule has 1 aromatic rings. The molecule has 0 bridgehead atoms. The first-order valence-corrected chi connectivity index (χ1v) is 6.78. The molecule has 3 nitrogen and oxygen atoms in total. The maximum absolute atomic E-state index is 12.2. The number of rotatable bonds is 6. The van der Waals surface area contributed by atoms with Crippen molar-refractivity contribution in [1.29, 1.82) is 0 Å². The maximum atomic E-state index is 12.2. The molecule has 0 amide bonds. The van der Waals surface area contributed by atoms with Crippen LogP contribution in [-0.2, 0) is 0 Å². The lowest BCUT2D eigenvalue weighted by Crippen LogP contribution is -2.40. The Morgan fingerprint density at radius 1 is 1.05 bits per heavy atom. The Morgan fingerprint density at radius 2 is 1.65 bits per heavy atom. The molecule has 0 aliphatic heterocycles. The summed E-state index contributed by atoms with van der Waals surface area (Å²) in [6, 6.07) is 6.56. The van der Waals surface area contributed by atoms with Gasteiger partial charge in [-0.25, -0.2) is 0 Å². The number of allylic oxidation sites excluding steroid dienone is 2. The summed E-state index contributed by atoms with van der Waals surface area (Å²) in [4.78, 5) is 24.4. The third kappa shape index (κ3) is 2.49. The molecule has 0 fully saturated rings. The largest absolute Gasteiger partial charge is 0.374 e. The van der Waals surface area contributed by atoms with Gasteiger partial charge in [0.15, 0.2) is 5.60 Å². The van der Waals surface area contributed by atoms with E-state index in [1.54, 1.807) is 30.3 Å². The van der Waals surface area contributed by atoms with Crippen LogP contribution in [0, 0.1) is 0 Å². The molecule has 3 heteroatoms. The minimum atomic E-state index is -1.92. The molecular formula is C17H18O3. The summed E-state index contributed by atoms with van der Waals surface area (Å²) in [5.74, 6) is -0.984. The van der Waals surface area contributed by atoms with Crippen LogP contribution in [0.15, 0.2) is 49.1 Å². The van der Waals surface area contributed by atoms with Crippen molar-refractivity contribution in [3.05, 3.63) is 60.2 Å². The third-order valence-corrected chi connectivity index (χ3v) is 3.53. The van der Waals surface area contributed by atoms with Crippen LogP contribution in [-0.4, -0.2) is 22.3 Å². The smallest absolute Gasteiger partial charge is 0.203 e. The van der Waals surface area contributed by atoms with Gasteiger partial charge >= 0.3 is 0 Å². The Kier molecular flexibility index (Phi) is 4.30. The number of hydrogen-bond donors (Lipinski definition) is 1. The van der Waals surface area contributed by atoms with E-state index in [0.29, 0.717) is 11.1 Å². The van der Waals surface area contributed by atoms with Gasteiger partial charge in [0.25, 0.3) is 0 Å². The molecule has 0 atom stereocenters. The number of fused-ring (bicyclic) bond motifs is 1. The van der Waals surface area contributed by atoms with E-state index in [-0.39, 0.29) is 6.42 Å². The van der Waals surface area contributed by atoms with Crippen LogP contribution in [0.3, 0.4) is 0 Å².